The molecule has 0 saturated heterocycles. The van der Waals surface area contributed by atoms with Gasteiger partial charge in [0.25, 0.3) is 0 Å². The second-order valence-corrected chi connectivity index (χ2v) is 11.6. The molecule has 98 valence electrons. The number of phenols is 1. The Kier molecular flexibility index (Phi) is 8.30. The molecule has 0 unspecified atom stereocenters. The Morgan fingerprint density at radius 2 is 1.74 bits per heavy atom. The number of aryl methyl sites for hydroxylation is 1. The van der Waals surface area contributed by atoms with Gasteiger partial charge in [-0.15, -0.1) is 0 Å². The molecular weight excluding hydrogens is 406 g/mol. The molecule has 19 heavy (non-hydrogen) atoms. The Labute approximate surface area is 135 Å². The predicted molar refractivity (Wildman–Crippen MR) is 84.4 cm³/mol. The average molecular weight is 419 g/mol. The van der Waals surface area contributed by atoms with Gasteiger partial charge >= 0.3 is 41.3 Å². The number of rotatable bonds is 2. The summed E-state index contributed by atoms with van der Waals surface area (Å²) >= 11 is 6.50. The van der Waals surface area contributed by atoms with Crippen LogP contribution in [-0.4, -0.2) is 11.3 Å². The summed E-state index contributed by atoms with van der Waals surface area (Å²) in [7, 11) is 0. The zero-order valence-corrected chi connectivity index (χ0v) is 15.1. The van der Waals surface area contributed by atoms with Gasteiger partial charge < -0.3 is 5.11 Å². The van der Waals surface area contributed by atoms with Crippen molar-refractivity contribution < 1.29 is 20.1 Å². The minimum atomic E-state index is 0.125. The van der Waals surface area contributed by atoms with Gasteiger partial charge in [0.05, 0.1) is 5.69 Å². The van der Waals surface area contributed by atoms with Crippen LogP contribution in [0.5, 0.6) is 5.75 Å². The van der Waals surface area contributed by atoms with E-state index in [2.05, 4.69) is 31.3 Å². The molecule has 0 bridgehead atoms. The van der Waals surface area contributed by atoms with Crippen molar-refractivity contribution in [2.24, 2.45) is 4.99 Å². The molecule has 5 heteroatoms. The Morgan fingerprint density at radius 3 is 2.37 bits per heavy atom. The van der Waals surface area contributed by atoms with Crippen molar-refractivity contribution in [2.75, 3.05) is 0 Å². The van der Waals surface area contributed by atoms with Crippen LogP contribution in [-0.2, 0) is 15.0 Å². The van der Waals surface area contributed by atoms with Gasteiger partial charge in [0.2, 0.25) is 0 Å². The number of halogens is 2. The zero-order valence-electron chi connectivity index (χ0n) is 10.3. The van der Waals surface area contributed by atoms with Crippen LogP contribution in [0, 0.1) is 6.92 Å². The molecule has 0 amide bonds. The second-order valence-electron chi connectivity index (χ2n) is 3.73. The number of hydrogen-bond acceptors (Lipinski definition) is 2. The van der Waals surface area contributed by atoms with E-state index in [0.717, 1.165) is 16.8 Å². The van der Waals surface area contributed by atoms with Crippen molar-refractivity contribution in [2.45, 2.75) is 6.92 Å². The van der Waals surface area contributed by atoms with E-state index in [4.69, 9.17) is 0 Å². The standard InChI is InChI=1S/C14H13NO.2BrH.Ti/c1-11-7-8-14(16)12(9-11)10-15-13-5-3-2-4-6-13;;;/h2-10,16H,1H3;2*1H;/q;;;+2/p-2. The fraction of sp³-hybridized carbons (Fsp3) is 0.0714. The van der Waals surface area contributed by atoms with E-state index in [-0.39, 0.29) is 20.7 Å². The van der Waals surface area contributed by atoms with Gasteiger partial charge in [0.1, 0.15) is 5.75 Å². The number of nitrogens with zero attached hydrogens (tertiary/aromatic N) is 1. The van der Waals surface area contributed by atoms with Gasteiger partial charge in [-0.2, -0.15) is 0 Å². The SMILES string of the molecule is Cc1ccc(O)c(C=Nc2ccccc2)c1.[Br][Ti][Br]. The predicted octanol–water partition coefficient (Wildman–Crippen LogP) is 5.14. The number of benzene rings is 2. The maximum absolute atomic E-state index is 9.62. The van der Waals surface area contributed by atoms with Crippen LogP contribution >= 0.6 is 26.3 Å². The number of aliphatic imine (C=N–C) groups is 1. The van der Waals surface area contributed by atoms with E-state index in [0.29, 0.717) is 0 Å². The third-order valence-electron chi connectivity index (χ3n) is 2.29. The summed E-state index contributed by atoms with van der Waals surface area (Å²) in [4.78, 5) is 4.29. The molecular formula is C14H13Br2NOTi. The summed E-state index contributed by atoms with van der Waals surface area (Å²) < 4.78 is 0. The quantitative estimate of drug-likeness (QED) is 0.531. The molecule has 0 saturated carbocycles. The van der Waals surface area contributed by atoms with Crippen LogP contribution in [0.4, 0.5) is 5.69 Å². The first-order valence-corrected chi connectivity index (χ1v) is 13.2. The normalized spacial score (nSPS) is 9.84. The Hall–Kier alpha value is -0.416. The van der Waals surface area contributed by atoms with Crippen molar-refractivity contribution in [1.82, 2.24) is 0 Å². The van der Waals surface area contributed by atoms with Crippen LogP contribution in [0.15, 0.2) is 53.5 Å². The average Bonchev–Trinajstić information content (AvgIpc) is 2.42. The van der Waals surface area contributed by atoms with E-state index >= 15 is 0 Å². The number of hydrogen-bond donors (Lipinski definition) is 1. The van der Waals surface area contributed by atoms with Crippen molar-refractivity contribution in [1.29, 1.82) is 0 Å². The summed E-state index contributed by atoms with van der Waals surface area (Å²) in [5.74, 6) is 0.255. The van der Waals surface area contributed by atoms with E-state index < -0.39 is 0 Å². The minimum absolute atomic E-state index is 0.125. The van der Waals surface area contributed by atoms with Gasteiger partial charge in [-0.25, -0.2) is 0 Å². The third kappa shape index (κ3) is 6.52. The molecule has 2 aromatic rings. The van der Waals surface area contributed by atoms with Crippen molar-refractivity contribution in [3.63, 3.8) is 0 Å². The monoisotopic (exact) mass is 417 g/mol. The van der Waals surface area contributed by atoms with Crippen LogP contribution in [0.3, 0.4) is 0 Å². The van der Waals surface area contributed by atoms with Crippen LogP contribution in [0.2, 0.25) is 0 Å². The van der Waals surface area contributed by atoms with E-state index in [1.807, 2.05) is 49.4 Å². The van der Waals surface area contributed by atoms with Crippen LogP contribution in [0.1, 0.15) is 11.1 Å². The fourth-order valence-electron chi connectivity index (χ4n) is 1.44. The van der Waals surface area contributed by atoms with Gasteiger partial charge in [-0.1, -0.05) is 29.8 Å². The Bertz CT molecular complexity index is 532. The first kappa shape index (κ1) is 16.6. The van der Waals surface area contributed by atoms with Gasteiger partial charge in [0, 0.05) is 11.8 Å². The number of para-hydroxylation sites is 1. The maximum atomic E-state index is 9.62. The molecule has 0 radical (unpaired) electrons. The summed E-state index contributed by atoms with van der Waals surface area (Å²) in [5.41, 5.74) is 2.72. The first-order chi connectivity index (χ1) is 9.17. The van der Waals surface area contributed by atoms with Crippen molar-refractivity contribution >= 4 is 38.2 Å². The van der Waals surface area contributed by atoms with Crippen molar-refractivity contribution in [3.8, 4) is 5.75 Å². The molecule has 0 heterocycles. The van der Waals surface area contributed by atoms with Gasteiger partial charge in [-0.05, 0) is 31.2 Å². The number of aromatic hydroxyl groups is 1. The molecule has 2 aromatic carbocycles. The molecule has 0 atom stereocenters. The molecule has 0 fully saturated rings. The summed E-state index contributed by atoms with van der Waals surface area (Å²) in [6, 6.07) is 15.1. The fourth-order valence-corrected chi connectivity index (χ4v) is 1.44. The van der Waals surface area contributed by atoms with Gasteiger partial charge in [-0.3, -0.25) is 4.99 Å². The van der Waals surface area contributed by atoms with E-state index in [1.165, 1.54) is 0 Å². The summed E-state index contributed by atoms with van der Waals surface area (Å²) in [6.45, 7) is 1.99. The molecule has 2 nitrogen and oxygen atoms in total. The molecule has 0 aliphatic rings. The molecule has 0 spiro atoms. The number of phenolic OH excluding ortho intramolecular Hbond substituents is 1. The summed E-state index contributed by atoms with van der Waals surface area (Å²) in [5, 5.41) is 9.62. The molecule has 0 aliphatic heterocycles. The van der Waals surface area contributed by atoms with E-state index in [1.54, 1.807) is 12.3 Å². The van der Waals surface area contributed by atoms with Crippen molar-refractivity contribution in [3.05, 3.63) is 59.7 Å². The van der Waals surface area contributed by atoms with Gasteiger partial charge in [0.15, 0.2) is 0 Å². The Morgan fingerprint density at radius 1 is 1.11 bits per heavy atom. The molecule has 0 aliphatic carbocycles. The molecule has 1 N–H and O–H groups in total. The zero-order chi connectivity index (χ0) is 14.1. The Balaban J connectivity index is 0.000000550. The van der Waals surface area contributed by atoms with Crippen LogP contribution < -0.4 is 0 Å². The molecule has 0 aromatic heterocycles. The first-order valence-electron chi connectivity index (χ1n) is 5.52. The van der Waals surface area contributed by atoms with E-state index in [9.17, 15) is 5.11 Å². The second kappa shape index (κ2) is 9.48. The molecule has 2 rings (SSSR count). The topological polar surface area (TPSA) is 32.6 Å². The third-order valence-corrected chi connectivity index (χ3v) is 2.29. The summed E-state index contributed by atoms with van der Waals surface area (Å²) in [6.07, 6.45) is 1.68. The van der Waals surface area contributed by atoms with Crippen LogP contribution in [0.25, 0.3) is 0 Å².